The van der Waals surface area contributed by atoms with Crippen molar-refractivity contribution < 1.29 is 14.0 Å². The van der Waals surface area contributed by atoms with E-state index in [1.54, 1.807) is 0 Å². The molecule has 2 amide bonds. The highest BCUT2D eigenvalue weighted by molar-refractivity contribution is 9.10. The molecule has 1 rings (SSSR count). The lowest BCUT2D eigenvalue weighted by Crippen LogP contribution is -2.38. The van der Waals surface area contributed by atoms with Crippen LogP contribution in [0.15, 0.2) is 16.6 Å². The molecular formula is C13H17BrFN3O2. The second-order valence-corrected chi connectivity index (χ2v) is 5.59. The number of carbonyl (C=O) groups excluding carboxylic acids is 2. The Morgan fingerprint density at radius 3 is 2.60 bits per heavy atom. The van der Waals surface area contributed by atoms with E-state index in [4.69, 9.17) is 5.73 Å². The highest BCUT2D eigenvalue weighted by atomic mass is 79.9. The van der Waals surface area contributed by atoms with Crippen molar-refractivity contribution in [2.45, 2.75) is 13.8 Å². The van der Waals surface area contributed by atoms with Crippen LogP contribution >= 0.6 is 15.9 Å². The molecule has 20 heavy (non-hydrogen) atoms. The standard InChI is InChI=1S/C13H17BrFN3O2/c1-7(2)5-17-12(19)6-18-13(20)8-3-11(16)10(15)4-9(8)14/h3-4,7H,5-6,16H2,1-2H3,(H,17,19)(H,18,20). The summed E-state index contributed by atoms with van der Waals surface area (Å²) in [4.78, 5) is 23.3. The third-order valence-corrected chi connectivity index (χ3v) is 3.10. The summed E-state index contributed by atoms with van der Waals surface area (Å²) < 4.78 is 13.4. The normalized spacial score (nSPS) is 10.4. The molecule has 0 aliphatic rings. The summed E-state index contributed by atoms with van der Waals surface area (Å²) in [6.07, 6.45) is 0. The van der Waals surface area contributed by atoms with Crippen LogP contribution in [0.2, 0.25) is 0 Å². The molecular weight excluding hydrogens is 329 g/mol. The summed E-state index contributed by atoms with van der Waals surface area (Å²) in [5, 5.41) is 5.12. The number of hydrogen-bond acceptors (Lipinski definition) is 3. The Hall–Kier alpha value is -1.63. The third kappa shape index (κ3) is 4.80. The molecule has 0 aliphatic heterocycles. The molecule has 5 nitrogen and oxygen atoms in total. The zero-order chi connectivity index (χ0) is 15.3. The van der Waals surface area contributed by atoms with Gasteiger partial charge in [-0.1, -0.05) is 13.8 Å². The van der Waals surface area contributed by atoms with Gasteiger partial charge < -0.3 is 16.4 Å². The molecule has 7 heteroatoms. The Morgan fingerprint density at radius 2 is 2.00 bits per heavy atom. The predicted molar refractivity (Wildman–Crippen MR) is 78.7 cm³/mol. The van der Waals surface area contributed by atoms with Crippen molar-refractivity contribution in [1.82, 2.24) is 10.6 Å². The van der Waals surface area contributed by atoms with Gasteiger partial charge in [-0.15, -0.1) is 0 Å². The summed E-state index contributed by atoms with van der Waals surface area (Å²) in [6, 6.07) is 2.34. The van der Waals surface area contributed by atoms with Crippen LogP contribution in [0.1, 0.15) is 24.2 Å². The maximum absolute atomic E-state index is 13.2. The molecule has 0 saturated heterocycles. The first kappa shape index (κ1) is 16.4. The van der Waals surface area contributed by atoms with Gasteiger partial charge in [-0.2, -0.15) is 0 Å². The summed E-state index contributed by atoms with van der Waals surface area (Å²) in [6.45, 7) is 4.34. The van der Waals surface area contributed by atoms with Crippen molar-refractivity contribution in [3.63, 3.8) is 0 Å². The van der Waals surface area contributed by atoms with Gasteiger partial charge in [-0.05, 0) is 34.0 Å². The average molecular weight is 346 g/mol. The van der Waals surface area contributed by atoms with Gasteiger partial charge in [-0.25, -0.2) is 4.39 Å². The molecule has 1 aromatic rings. The summed E-state index contributed by atoms with van der Waals surface area (Å²) in [5.74, 6) is -1.05. The van der Waals surface area contributed by atoms with Crippen LogP contribution in [0.3, 0.4) is 0 Å². The number of carbonyl (C=O) groups is 2. The van der Waals surface area contributed by atoms with Gasteiger partial charge in [0.25, 0.3) is 5.91 Å². The lowest BCUT2D eigenvalue weighted by atomic mass is 10.2. The van der Waals surface area contributed by atoms with E-state index in [-0.39, 0.29) is 28.2 Å². The molecule has 0 radical (unpaired) electrons. The summed E-state index contributed by atoms with van der Waals surface area (Å²) in [7, 11) is 0. The quantitative estimate of drug-likeness (QED) is 0.709. The minimum Gasteiger partial charge on any atom is -0.396 e. The Balaban J connectivity index is 2.59. The number of hydrogen-bond donors (Lipinski definition) is 3. The lowest BCUT2D eigenvalue weighted by molar-refractivity contribution is -0.120. The highest BCUT2D eigenvalue weighted by Crippen LogP contribution is 2.22. The van der Waals surface area contributed by atoms with Crippen molar-refractivity contribution in [1.29, 1.82) is 0 Å². The van der Waals surface area contributed by atoms with Crippen LogP contribution in [0.4, 0.5) is 10.1 Å². The zero-order valence-electron chi connectivity index (χ0n) is 11.3. The molecule has 0 atom stereocenters. The van der Waals surface area contributed by atoms with E-state index in [0.717, 1.165) is 6.07 Å². The van der Waals surface area contributed by atoms with Gasteiger partial charge in [0.1, 0.15) is 5.82 Å². The SMILES string of the molecule is CC(C)CNC(=O)CNC(=O)c1cc(N)c(F)cc1Br. The van der Waals surface area contributed by atoms with Crippen LogP contribution in [0.5, 0.6) is 0 Å². The Bertz CT molecular complexity index is 521. The Morgan fingerprint density at radius 1 is 1.35 bits per heavy atom. The first-order chi connectivity index (χ1) is 9.31. The zero-order valence-corrected chi connectivity index (χ0v) is 12.9. The fourth-order valence-electron chi connectivity index (χ4n) is 1.38. The van der Waals surface area contributed by atoms with Gasteiger partial charge in [-0.3, -0.25) is 9.59 Å². The minimum atomic E-state index is -0.608. The van der Waals surface area contributed by atoms with E-state index in [1.807, 2.05) is 13.8 Å². The largest absolute Gasteiger partial charge is 0.396 e. The lowest BCUT2D eigenvalue weighted by Gasteiger charge is -2.10. The molecule has 0 unspecified atom stereocenters. The van der Waals surface area contributed by atoms with Gasteiger partial charge >= 0.3 is 0 Å². The van der Waals surface area contributed by atoms with Crippen LogP contribution in [-0.2, 0) is 4.79 Å². The van der Waals surface area contributed by atoms with Crippen molar-refractivity contribution >= 4 is 33.4 Å². The second-order valence-electron chi connectivity index (χ2n) is 4.73. The van der Waals surface area contributed by atoms with Crippen molar-refractivity contribution in [3.05, 3.63) is 28.0 Å². The van der Waals surface area contributed by atoms with E-state index < -0.39 is 11.7 Å². The number of nitrogens with two attached hydrogens (primary N) is 1. The van der Waals surface area contributed by atoms with E-state index in [9.17, 15) is 14.0 Å². The maximum Gasteiger partial charge on any atom is 0.252 e. The number of benzene rings is 1. The molecule has 0 spiro atoms. The minimum absolute atomic E-state index is 0.123. The Kier molecular flexibility index (Phi) is 5.94. The maximum atomic E-state index is 13.2. The van der Waals surface area contributed by atoms with Gasteiger partial charge in [0.15, 0.2) is 0 Å². The van der Waals surface area contributed by atoms with Gasteiger partial charge in [0, 0.05) is 11.0 Å². The highest BCUT2D eigenvalue weighted by Gasteiger charge is 2.14. The van der Waals surface area contributed by atoms with Crippen LogP contribution in [-0.4, -0.2) is 24.9 Å². The molecule has 0 heterocycles. The molecule has 0 fully saturated rings. The predicted octanol–water partition coefficient (Wildman–Crippen LogP) is 1.67. The number of anilines is 1. The molecule has 0 aromatic heterocycles. The number of amides is 2. The van der Waals surface area contributed by atoms with Crippen LogP contribution in [0, 0.1) is 11.7 Å². The average Bonchev–Trinajstić information content (AvgIpc) is 2.37. The van der Waals surface area contributed by atoms with Crippen molar-refractivity contribution in [3.8, 4) is 0 Å². The van der Waals surface area contributed by atoms with E-state index in [2.05, 4.69) is 26.6 Å². The van der Waals surface area contributed by atoms with Gasteiger partial charge in [0.05, 0.1) is 17.8 Å². The molecule has 0 aliphatic carbocycles. The first-order valence-electron chi connectivity index (χ1n) is 6.10. The monoisotopic (exact) mass is 345 g/mol. The summed E-state index contributed by atoms with van der Waals surface area (Å²) >= 11 is 3.08. The third-order valence-electron chi connectivity index (χ3n) is 2.45. The number of rotatable bonds is 5. The van der Waals surface area contributed by atoms with Gasteiger partial charge in [0.2, 0.25) is 5.91 Å². The van der Waals surface area contributed by atoms with Crippen LogP contribution in [0.25, 0.3) is 0 Å². The van der Waals surface area contributed by atoms with Crippen molar-refractivity contribution in [2.75, 3.05) is 18.8 Å². The van der Waals surface area contributed by atoms with Crippen molar-refractivity contribution in [2.24, 2.45) is 5.92 Å². The number of nitrogen functional groups attached to an aromatic ring is 1. The fourth-order valence-corrected chi connectivity index (χ4v) is 1.87. The van der Waals surface area contributed by atoms with Crippen LogP contribution < -0.4 is 16.4 Å². The van der Waals surface area contributed by atoms with E-state index in [1.165, 1.54) is 6.07 Å². The molecule has 0 bridgehead atoms. The Labute approximate surface area is 125 Å². The molecule has 1 aromatic carbocycles. The fraction of sp³-hybridized carbons (Fsp3) is 0.385. The second kappa shape index (κ2) is 7.23. The summed E-state index contributed by atoms with van der Waals surface area (Å²) in [5.41, 5.74) is 5.47. The molecule has 4 N–H and O–H groups in total. The topological polar surface area (TPSA) is 84.2 Å². The molecule has 0 saturated carbocycles. The number of halogens is 2. The smallest absolute Gasteiger partial charge is 0.252 e. The first-order valence-corrected chi connectivity index (χ1v) is 6.90. The van der Waals surface area contributed by atoms with E-state index >= 15 is 0 Å². The number of nitrogens with one attached hydrogen (secondary N) is 2. The van der Waals surface area contributed by atoms with E-state index in [0.29, 0.717) is 12.5 Å². The molecule has 110 valence electrons.